The van der Waals surface area contributed by atoms with Gasteiger partial charge in [-0.2, -0.15) is 0 Å². The van der Waals surface area contributed by atoms with Crippen molar-refractivity contribution in [2.75, 3.05) is 47.0 Å². The molecule has 0 amide bonds. The van der Waals surface area contributed by atoms with Gasteiger partial charge in [-0.1, -0.05) is 11.6 Å². The highest BCUT2D eigenvalue weighted by molar-refractivity contribution is 6.32. The Morgan fingerprint density at radius 2 is 1.86 bits per heavy atom. The molecule has 2 heterocycles. The lowest BCUT2D eigenvalue weighted by molar-refractivity contribution is 0.170. The second kappa shape index (κ2) is 7.48. The molecule has 7 nitrogen and oxygen atoms in total. The summed E-state index contributed by atoms with van der Waals surface area (Å²) in [4.78, 5) is 2.22. The van der Waals surface area contributed by atoms with E-state index in [0.29, 0.717) is 28.0 Å². The van der Waals surface area contributed by atoms with E-state index in [-0.39, 0.29) is 13.0 Å². The number of anilines is 1. The Kier molecular flexibility index (Phi) is 5.03. The van der Waals surface area contributed by atoms with Crippen molar-refractivity contribution in [3.8, 4) is 28.7 Å². The largest absolute Gasteiger partial charge is 0.495 e. The van der Waals surface area contributed by atoms with Gasteiger partial charge in [0.25, 0.3) is 0 Å². The fourth-order valence-electron chi connectivity index (χ4n) is 3.74. The maximum absolute atomic E-state index is 6.25. The maximum Gasteiger partial charge on any atom is 0.231 e. The minimum absolute atomic E-state index is 0.159. The summed E-state index contributed by atoms with van der Waals surface area (Å²) in [6.45, 7) is 1.07. The van der Waals surface area contributed by atoms with Crippen molar-refractivity contribution in [3.05, 3.63) is 34.3 Å². The highest BCUT2D eigenvalue weighted by Gasteiger charge is 2.34. The van der Waals surface area contributed by atoms with Gasteiger partial charge in [-0.15, -0.1) is 0 Å². The maximum atomic E-state index is 6.25. The Balaban J connectivity index is 1.80. The molecule has 1 N–H and O–H groups in total. The van der Waals surface area contributed by atoms with E-state index in [4.69, 9.17) is 35.3 Å². The van der Waals surface area contributed by atoms with Gasteiger partial charge in [0.2, 0.25) is 12.5 Å². The van der Waals surface area contributed by atoms with Crippen LogP contribution in [0.2, 0.25) is 5.02 Å². The molecule has 0 bridgehead atoms. The molecule has 28 heavy (non-hydrogen) atoms. The molecular weight excluding hydrogens is 384 g/mol. The quantitative estimate of drug-likeness (QED) is 0.812. The number of fused-ring (bicyclic) bond motifs is 2. The van der Waals surface area contributed by atoms with Gasteiger partial charge in [-0.05, 0) is 25.1 Å². The third-order valence-electron chi connectivity index (χ3n) is 5.16. The first kappa shape index (κ1) is 18.8. The van der Waals surface area contributed by atoms with Gasteiger partial charge in [-0.3, -0.25) is 4.90 Å². The smallest absolute Gasteiger partial charge is 0.231 e. The van der Waals surface area contributed by atoms with Crippen LogP contribution >= 0.6 is 11.6 Å². The summed E-state index contributed by atoms with van der Waals surface area (Å²) >= 11 is 6.25. The van der Waals surface area contributed by atoms with Gasteiger partial charge in [-0.25, -0.2) is 0 Å². The SMILES string of the molecule is COc1cc(N[C@H]2c3c(cc4c(c3OC)OCO4)CCN2C)c(OC)cc1Cl. The zero-order valence-electron chi connectivity index (χ0n) is 16.3. The van der Waals surface area contributed by atoms with E-state index in [1.807, 2.05) is 12.1 Å². The molecule has 2 aliphatic rings. The van der Waals surface area contributed by atoms with E-state index in [9.17, 15) is 0 Å². The van der Waals surface area contributed by atoms with E-state index in [1.54, 1.807) is 27.4 Å². The molecule has 0 saturated carbocycles. The van der Waals surface area contributed by atoms with E-state index in [2.05, 4.69) is 17.3 Å². The van der Waals surface area contributed by atoms with E-state index < -0.39 is 0 Å². The van der Waals surface area contributed by atoms with E-state index in [0.717, 1.165) is 35.5 Å². The predicted molar refractivity (Wildman–Crippen MR) is 106 cm³/mol. The zero-order valence-corrected chi connectivity index (χ0v) is 17.1. The molecule has 0 radical (unpaired) electrons. The van der Waals surface area contributed by atoms with Gasteiger partial charge < -0.3 is 29.0 Å². The first-order valence-electron chi connectivity index (χ1n) is 8.95. The predicted octanol–water partition coefficient (Wildman–Crippen LogP) is 3.69. The molecule has 0 saturated heterocycles. The van der Waals surface area contributed by atoms with Crippen LogP contribution in [0.1, 0.15) is 17.3 Å². The molecule has 4 rings (SSSR count). The molecule has 2 aromatic rings. The van der Waals surface area contributed by atoms with Crippen molar-refractivity contribution in [1.82, 2.24) is 4.90 Å². The lowest BCUT2D eigenvalue weighted by Crippen LogP contribution is -2.37. The number of methoxy groups -OCH3 is 3. The average Bonchev–Trinajstić information content (AvgIpc) is 3.17. The normalized spacial score (nSPS) is 17.8. The Morgan fingerprint density at radius 1 is 1.07 bits per heavy atom. The van der Waals surface area contributed by atoms with Crippen molar-refractivity contribution in [2.45, 2.75) is 12.6 Å². The molecule has 2 aliphatic heterocycles. The van der Waals surface area contributed by atoms with Crippen LogP contribution in [-0.2, 0) is 6.42 Å². The highest BCUT2D eigenvalue weighted by atomic mass is 35.5. The fraction of sp³-hybridized carbons (Fsp3) is 0.400. The summed E-state index contributed by atoms with van der Waals surface area (Å²) < 4.78 is 27.9. The summed E-state index contributed by atoms with van der Waals surface area (Å²) in [7, 11) is 6.91. The number of nitrogens with one attached hydrogen (secondary N) is 1. The molecule has 2 aromatic carbocycles. The van der Waals surface area contributed by atoms with Crippen molar-refractivity contribution in [1.29, 1.82) is 0 Å². The molecule has 0 spiro atoms. The lowest BCUT2D eigenvalue weighted by Gasteiger charge is -2.37. The monoisotopic (exact) mass is 406 g/mol. The summed E-state index contributed by atoms with van der Waals surface area (Å²) in [5, 5.41) is 4.05. The van der Waals surface area contributed by atoms with Gasteiger partial charge in [0.15, 0.2) is 11.5 Å². The fourth-order valence-corrected chi connectivity index (χ4v) is 3.97. The number of ether oxygens (including phenoxy) is 5. The van der Waals surface area contributed by atoms with Crippen molar-refractivity contribution in [2.24, 2.45) is 0 Å². The Labute approximate surface area is 169 Å². The number of rotatable bonds is 5. The second-order valence-corrected chi connectivity index (χ2v) is 7.09. The van der Waals surface area contributed by atoms with Crippen LogP contribution < -0.4 is 29.0 Å². The average molecular weight is 407 g/mol. The van der Waals surface area contributed by atoms with Gasteiger partial charge >= 0.3 is 0 Å². The van der Waals surface area contributed by atoms with Gasteiger partial charge in [0, 0.05) is 24.2 Å². The van der Waals surface area contributed by atoms with Crippen LogP contribution in [0.4, 0.5) is 5.69 Å². The number of halogens is 1. The third-order valence-corrected chi connectivity index (χ3v) is 5.46. The Morgan fingerprint density at radius 3 is 2.57 bits per heavy atom. The van der Waals surface area contributed by atoms with Crippen LogP contribution in [0.5, 0.6) is 28.7 Å². The van der Waals surface area contributed by atoms with E-state index >= 15 is 0 Å². The number of benzene rings is 2. The molecule has 0 aromatic heterocycles. The topological polar surface area (TPSA) is 61.4 Å². The van der Waals surface area contributed by atoms with Crippen LogP contribution in [0.3, 0.4) is 0 Å². The molecule has 150 valence electrons. The molecule has 0 unspecified atom stereocenters. The summed E-state index contributed by atoms with van der Waals surface area (Å²) in [6, 6.07) is 5.62. The van der Waals surface area contributed by atoms with Crippen LogP contribution in [0, 0.1) is 0 Å². The van der Waals surface area contributed by atoms with Crippen molar-refractivity contribution in [3.63, 3.8) is 0 Å². The summed E-state index contributed by atoms with van der Waals surface area (Å²) in [5.74, 6) is 3.26. The second-order valence-electron chi connectivity index (χ2n) is 6.68. The first-order chi connectivity index (χ1) is 13.6. The third kappa shape index (κ3) is 3.04. The van der Waals surface area contributed by atoms with Crippen LogP contribution in [-0.4, -0.2) is 46.6 Å². The molecule has 0 fully saturated rings. The zero-order chi connectivity index (χ0) is 19.8. The summed E-state index contributed by atoms with van der Waals surface area (Å²) in [6.07, 6.45) is 0.728. The highest BCUT2D eigenvalue weighted by Crippen LogP contribution is 2.50. The summed E-state index contributed by atoms with van der Waals surface area (Å²) in [5.41, 5.74) is 2.96. The number of hydrogen-bond donors (Lipinski definition) is 1. The van der Waals surface area contributed by atoms with Crippen molar-refractivity contribution < 1.29 is 23.7 Å². The molecular formula is C20H23ClN2O5. The Hall–Kier alpha value is -2.51. The van der Waals surface area contributed by atoms with E-state index in [1.165, 1.54) is 0 Å². The van der Waals surface area contributed by atoms with Gasteiger partial charge in [0.1, 0.15) is 17.7 Å². The van der Waals surface area contributed by atoms with Crippen molar-refractivity contribution >= 4 is 17.3 Å². The van der Waals surface area contributed by atoms with Crippen LogP contribution in [0.15, 0.2) is 18.2 Å². The number of likely N-dealkylation sites (N-methyl/N-ethyl adjacent to an activating group) is 1. The van der Waals surface area contributed by atoms with Gasteiger partial charge in [0.05, 0.1) is 32.0 Å². The first-order valence-corrected chi connectivity index (χ1v) is 9.32. The minimum Gasteiger partial charge on any atom is -0.495 e. The Bertz CT molecular complexity index is 905. The molecule has 0 aliphatic carbocycles. The number of nitrogens with zero attached hydrogens (tertiary/aromatic N) is 1. The number of hydrogen-bond acceptors (Lipinski definition) is 7. The lowest BCUT2D eigenvalue weighted by atomic mass is 9.94. The minimum atomic E-state index is -0.159. The molecule has 1 atom stereocenters. The van der Waals surface area contributed by atoms with Crippen LogP contribution in [0.25, 0.3) is 0 Å². The molecule has 8 heteroatoms. The standard InChI is InChI=1S/C20H23ClN2O5/c1-23-6-5-11-7-16-18(28-10-27-16)19(26-4)17(11)20(23)22-13-9-14(24-2)12(21)8-15(13)25-3/h7-9,20,22H,5-6,10H2,1-4H3/t20-/m1/s1.